The molecule has 0 spiro atoms. The Balaban J connectivity index is 1.90. The van der Waals surface area contributed by atoms with Crippen LogP contribution in [0.15, 0.2) is 18.2 Å². The molecule has 0 saturated carbocycles. The molecule has 108 valence electrons. The van der Waals surface area contributed by atoms with Gasteiger partial charge in [-0.05, 0) is 43.9 Å². The van der Waals surface area contributed by atoms with Crippen molar-refractivity contribution in [3.8, 4) is 5.75 Å². The predicted molar refractivity (Wildman–Crippen MR) is 76.2 cm³/mol. The maximum atomic E-state index is 12.8. The fourth-order valence-electron chi connectivity index (χ4n) is 3.46. The number of amides is 1. The number of piperidine rings is 1. The zero-order valence-corrected chi connectivity index (χ0v) is 12.1. The van der Waals surface area contributed by atoms with Gasteiger partial charge in [-0.25, -0.2) is 0 Å². The quantitative estimate of drug-likeness (QED) is 0.912. The molecule has 2 aliphatic rings. The van der Waals surface area contributed by atoms with Crippen molar-refractivity contribution >= 4 is 17.5 Å². The van der Waals surface area contributed by atoms with Crippen LogP contribution in [-0.2, 0) is 0 Å². The monoisotopic (exact) mass is 295 g/mol. The summed E-state index contributed by atoms with van der Waals surface area (Å²) >= 11 is 5.94. The van der Waals surface area contributed by atoms with Crippen LogP contribution in [0.25, 0.3) is 0 Å². The topological polar surface area (TPSA) is 49.8 Å². The average Bonchev–Trinajstić information content (AvgIpc) is 2.70. The molecule has 1 aromatic carbocycles. The van der Waals surface area contributed by atoms with E-state index < -0.39 is 0 Å². The molecule has 3 rings (SSSR count). The first-order valence-electron chi connectivity index (χ1n) is 6.94. The van der Waals surface area contributed by atoms with Gasteiger partial charge < -0.3 is 14.7 Å². The standard InChI is InChI=1S/C15H18ClNO3/c1-20-14-6-9(16)2-5-13(14)15(19)17-10-3-4-11(17)8-12(18)7-10/h2,5-6,10-12,18H,3-4,7-8H2,1H3. The second-order valence-corrected chi connectivity index (χ2v) is 6.00. The molecule has 0 aliphatic carbocycles. The van der Waals surface area contributed by atoms with E-state index in [4.69, 9.17) is 16.3 Å². The number of aliphatic hydroxyl groups is 1. The summed E-state index contributed by atoms with van der Waals surface area (Å²) in [7, 11) is 1.54. The summed E-state index contributed by atoms with van der Waals surface area (Å²) in [5.41, 5.74) is 0.546. The highest BCUT2D eigenvalue weighted by molar-refractivity contribution is 6.30. The number of benzene rings is 1. The Hall–Kier alpha value is -1.26. The van der Waals surface area contributed by atoms with E-state index >= 15 is 0 Å². The Morgan fingerprint density at radius 3 is 2.60 bits per heavy atom. The van der Waals surface area contributed by atoms with Crippen LogP contribution in [0, 0.1) is 0 Å². The molecule has 0 aromatic heterocycles. The van der Waals surface area contributed by atoms with Crippen LogP contribution in [0.5, 0.6) is 5.75 Å². The molecule has 2 bridgehead atoms. The summed E-state index contributed by atoms with van der Waals surface area (Å²) in [5, 5.41) is 10.4. The molecule has 1 N–H and O–H groups in total. The van der Waals surface area contributed by atoms with Crippen LogP contribution in [-0.4, -0.2) is 41.2 Å². The van der Waals surface area contributed by atoms with Crippen molar-refractivity contribution in [2.75, 3.05) is 7.11 Å². The first-order chi connectivity index (χ1) is 9.60. The molecular weight excluding hydrogens is 278 g/mol. The van der Waals surface area contributed by atoms with Crippen molar-refractivity contribution in [1.29, 1.82) is 0 Å². The number of ether oxygens (including phenoxy) is 1. The third-order valence-corrected chi connectivity index (χ3v) is 4.57. The van der Waals surface area contributed by atoms with Gasteiger partial charge in [0, 0.05) is 17.1 Å². The Morgan fingerprint density at radius 1 is 1.35 bits per heavy atom. The van der Waals surface area contributed by atoms with Crippen LogP contribution in [0.3, 0.4) is 0 Å². The lowest BCUT2D eigenvalue weighted by atomic mass is 9.98. The normalized spacial score (nSPS) is 28.6. The van der Waals surface area contributed by atoms with Crippen molar-refractivity contribution in [3.05, 3.63) is 28.8 Å². The van der Waals surface area contributed by atoms with Gasteiger partial charge >= 0.3 is 0 Å². The lowest BCUT2D eigenvalue weighted by molar-refractivity contribution is 0.0285. The zero-order valence-electron chi connectivity index (χ0n) is 11.4. The molecule has 2 saturated heterocycles. The van der Waals surface area contributed by atoms with Gasteiger partial charge in [-0.2, -0.15) is 0 Å². The van der Waals surface area contributed by atoms with Gasteiger partial charge in [0.25, 0.3) is 5.91 Å². The van der Waals surface area contributed by atoms with Gasteiger partial charge in [0.1, 0.15) is 5.75 Å². The van der Waals surface area contributed by atoms with Crippen molar-refractivity contribution < 1.29 is 14.6 Å². The second kappa shape index (κ2) is 5.26. The third-order valence-electron chi connectivity index (χ3n) is 4.34. The van der Waals surface area contributed by atoms with Crippen LogP contribution in [0.2, 0.25) is 5.02 Å². The molecule has 1 amide bonds. The summed E-state index contributed by atoms with van der Waals surface area (Å²) in [5.74, 6) is 0.492. The summed E-state index contributed by atoms with van der Waals surface area (Å²) in [6.07, 6.45) is 3.03. The lowest BCUT2D eigenvalue weighted by Crippen LogP contribution is -2.48. The summed E-state index contributed by atoms with van der Waals surface area (Å²) in [6, 6.07) is 5.38. The Morgan fingerprint density at radius 2 is 2.00 bits per heavy atom. The van der Waals surface area contributed by atoms with E-state index in [0.717, 1.165) is 12.8 Å². The second-order valence-electron chi connectivity index (χ2n) is 5.57. The number of nitrogens with zero attached hydrogens (tertiary/aromatic N) is 1. The van der Waals surface area contributed by atoms with Crippen LogP contribution < -0.4 is 4.74 Å². The summed E-state index contributed by atoms with van der Waals surface area (Å²) < 4.78 is 5.27. The molecule has 0 radical (unpaired) electrons. The first-order valence-corrected chi connectivity index (χ1v) is 7.32. The van der Waals surface area contributed by atoms with E-state index in [9.17, 15) is 9.90 Å². The van der Waals surface area contributed by atoms with E-state index in [0.29, 0.717) is 29.2 Å². The minimum Gasteiger partial charge on any atom is -0.496 e. The van der Waals surface area contributed by atoms with Crippen molar-refractivity contribution in [2.24, 2.45) is 0 Å². The highest BCUT2D eigenvalue weighted by Crippen LogP contribution is 2.38. The molecule has 20 heavy (non-hydrogen) atoms. The van der Waals surface area contributed by atoms with Crippen molar-refractivity contribution in [3.63, 3.8) is 0 Å². The summed E-state index contributed by atoms with van der Waals surface area (Å²) in [6.45, 7) is 0. The average molecular weight is 296 g/mol. The SMILES string of the molecule is COc1cc(Cl)ccc1C(=O)N1C2CCC1CC(O)C2. The molecule has 2 heterocycles. The van der Waals surface area contributed by atoms with Crippen LogP contribution in [0.4, 0.5) is 0 Å². The van der Waals surface area contributed by atoms with Gasteiger partial charge in [0.2, 0.25) is 0 Å². The van der Waals surface area contributed by atoms with Gasteiger partial charge in [-0.3, -0.25) is 4.79 Å². The summed E-state index contributed by atoms with van der Waals surface area (Å²) in [4.78, 5) is 14.7. The molecule has 2 atom stereocenters. The number of carbonyl (C=O) groups excluding carboxylic acids is 1. The molecule has 1 aromatic rings. The predicted octanol–water partition coefficient (Wildman–Crippen LogP) is 2.48. The molecule has 2 fully saturated rings. The van der Waals surface area contributed by atoms with Gasteiger partial charge in [0.15, 0.2) is 0 Å². The first kappa shape index (κ1) is 13.7. The number of halogens is 1. The number of rotatable bonds is 2. The van der Waals surface area contributed by atoms with Crippen LogP contribution >= 0.6 is 11.6 Å². The molecule has 2 aliphatic heterocycles. The maximum Gasteiger partial charge on any atom is 0.258 e. The zero-order chi connectivity index (χ0) is 14.3. The fourth-order valence-corrected chi connectivity index (χ4v) is 3.62. The van der Waals surface area contributed by atoms with E-state index in [-0.39, 0.29) is 24.1 Å². The Kier molecular flexibility index (Phi) is 3.61. The van der Waals surface area contributed by atoms with Gasteiger partial charge in [-0.1, -0.05) is 11.6 Å². The number of carbonyl (C=O) groups is 1. The van der Waals surface area contributed by atoms with E-state index in [2.05, 4.69) is 0 Å². The molecule has 4 nitrogen and oxygen atoms in total. The minimum absolute atomic E-state index is 0.0158. The van der Waals surface area contributed by atoms with Gasteiger partial charge in [-0.15, -0.1) is 0 Å². The third kappa shape index (κ3) is 2.27. The largest absolute Gasteiger partial charge is 0.496 e. The maximum absolute atomic E-state index is 12.8. The number of hydrogen-bond donors (Lipinski definition) is 1. The van der Waals surface area contributed by atoms with Crippen molar-refractivity contribution in [1.82, 2.24) is 4.90 Å². The van der Waals surface area contributed by atoms with E-state index in [1.165, 1.54) is 7.11 Å². The highest BCUT2D eigenvalue weighted by atomic mass is 35.5. The number of aliphatic hydroxyl groups excluding tert-OH is 1. The van der Waals surface area contributed by atoms with Crippen LogP contribution in [0.1, 0.15) is 36.0 Å². The lowest BCUT2D eigenvalue weighted by Gasteiger charge is -2.37. The van der Waals surface area contributed by atoms with Gasteiger partial charge in [0.05, 0.1) is 18.8 Å². The van der Waals surface area contributed by atoms with Crippen molar-refractivity contribution in [2.45, 2.75) is 43.9 Å². The van der Waals surface area contributed by atoms with E-state index in [1.807, 2.05) is 4.90 Å². The molecule has 5 heteroatoms. The fraction of sp³-hybridized carbons (Fsp3) is 0.533. The highest BCUT2D eigenvalue weighted by Gasteiger charge is 2.43. The van der Waals surface area contributed by atoms with E-state index in [1.54, 1.807) is 18.2 Å². The minimum atomic E-state index is -0.274. The number of hydrogen-bond acceptors (Lipinski definition) is 3. The number of fused-ring (bicyclic) bond motifs is 2. The molecular formula is C15H18ClNO3. The Bertz CT molecular complexity index is 520. The number of methoxy groups -OCH3 is 1. The Labute approximate surface area is 123 Å². The smallest absolute Gasteiger partial charge is 0.258 e. The molecule has 2 unspecified atom stereocenters.